The Balaban J connectivity index is 1.68. The molecular weight excluding hydrogens is 262 g/mol. The number of hydrogen-bond acceptors (Lipinski definition) is 3. The summed E-state index contributed by atoms with van der Waals surface area (Å²) in [5.74, 6) is 1.30. The molecule has 1 amide bonds. The van der Waals surface area contributed by atoms with Crippen LogP contribution in [0, 0.1) is 5.92 Å². The maximum absolute atomic E-state index is 12.3. The Kier molecular flexibility index (Phi) is 4.53. The van der Waals surface area contributed by atoms with Crippen LogP contribution >= 0.6 is 0 Å². The number of nitrogens with one attached hydrogen (secondary N) is 2. The van der Waals surface area contributed by atoms with Crippen molar-refractivity contribution in [3.63, 3.8) is 0 Å². The molecular formula is C17H23N3O. The predicted octanol–water partition coefficient (Wildman–Crippen LogP) is 2.95. The molecule has 0 radical (unpaired) electrons. The molecule has 2 aliphatic rings. The zero-order chi connectivity index (χ0) is 14.5. The van der Waals surface area contributed by atoms with E-state index >= 15 is 0 Å². The number of benzene rings is 1. The Morgan fingerprint density at radius 3 is 2.81 bits per heavy atom. The van der Waals surface area contributed by atoms with Crippen molar-refractivity contribution < 1.29 is 4.79 Å². The lowest BCUT2D eigenvalue weighted by molar-refractivity contribution is -0.120. The Bertz CT molecular complexity index is 533. The maximum Gasteiger partial charge on any atom is 0.227 e. The van der Waals surface area contributed by atoms with Crippen LogP contribution in [0.4, 0.5) is 5.69 Å². The first-order valence-corrected chi connectivity index (χ1v) is 8.02. The summed E-state index contributed by atoms with van der Waals surface area (Å²) in [5.41, 5.74) is 1.93. The van der Waals surface area contributed by atoms with Crippen LogP contribution in [0.2, 0.25) is 0 Å². The molecule has 1 saturated carbocycles. The SMILES string of the molecule is O=C(Nc1cccc(C2=NCCCN2)c1)C1CCCCC1. The van der Waals surface area contributed by atoms with E-state index in [-0.39, 0.29) is 11.8 Å². The van der Waals surface area contributed by atoms with Crippen molar-refractivity contribution in [1.29, 1.82) is 0 Å². The van der Waals surface area contributed by atoms with Crippen molar-refractivity contribution in [2.75, 3.05) is 18.4 Å². The number of carbonyl (C=O) groups excluding carboxylic acids is 1. The average Bonchev–Trinajstić information content (AvgIpc) is 2.57. The molecule has 2 N–H and O–H groups in total. The summed E-state index contributed by atoms with van der Waals surface area (Å²) in [4.78, 5) is 16.8. The van der Waals surface area contributed by atoms with E-state index in [2.05, 4.69) is 15.6 Å². The number of amidine groups is 1. The van der Waals surface area contributed by atoms with Crippen molar-refractivity contribution in [3.05, 3.63) is 29.8 Å². The van der Waals surface area contributed by atoms with Crippen LogP contribution in [0.5, 0.6) is 0 Å². The molecule has 0 saturated heterocycles. The van der Waals surface area contributed by atoms with Crippen molar-refractivity contribution in [3.8, 4) is 0 Å². The van der Waals surface area contributed by atoms with Gasteiger partial charge in [-0.05, 0) is 31.4 Å². The number of hydrogen-bond donors (Lipinski definition) is 2. The smallest absolute Gasteiger partial charge is 0.227 e. The number of aliphatic imine (C=N–C) groups is 1. The van der Waals surface area contributed by atoms with E-state index in [1.807, 2.05) is 24.3 Å². The third kappa shape index (κ3) is 3.63. The molecule has 1 heterocycles. The second-order valence-corrected chi connectivity index (χ2v) is 5.92. The number of amides is 1. The predicted molar refractivity (Wildman–Crippen MR) is 85.7 cm³/mol. The van der Waals surface area contributed by atoms with E-state index in [1.165, 1.54) is 19.3 Å². The average molecular weight is 285 g/mol. The first-order valence-electron chi connectivity index (χ1n) is 8.02. The summed E-state index contributed by atoms with van der Waals surface area (Å²) in [6, 6.07) is 7.98. The molecule has 3 rings (SSSR count). The van der Waals surface area contributed by atoms with Crippen LogP contribution in [0.1, 0.15) is 44.1 Å². The quantitative estimate of drug-likeness (QED) is 0.897. The molecule has 1 aliphatic heterocycles. The lowest BCUT2D eigenvalue weighted by atomic mass is 9.88. The van der Waals surface area contributed by atoms with Crippen LogP contribution in [-0.2, 0) is 4.79 Å². The normalized spacial score (nSPS) is 19.5. The van der Waals surface area contributed by atoms with Crippen LogP contribution in [0.3, 0.4) is 0 Å². The monoisotopic (exact) mass is 285 g/mol. The van der Waals surface area contributed by atoms with Gasteiger partial charge in [-0.25, -0.2) is 0 Å². The van der Waals surface area contributed by atoms with Gasteiger partial charge in [0.25, 0.3) is 0 Å². The molecule has 21 heavy (non-hydrogen) atoms. The zero-order valence-corrected chi connectivity index (χ0v) is 12.4. The van der Waals surface area contributed by atoms with Gasteiger partial charge in [-0.2, -0.15) is 0 Å². The van der Waals surface area contributed by atoms with Gasteiger partial charge in [0, 0.05) is 30.3 Å². The van der Waals surface area contributed by atoms with Crippen LogP contribution in [0.15, 0.2) is 29.3 Å². The summed E-state index contributed by atoms with van der Waals surface area (Å²) in [5, 5.41) is 6.39. The third-order valence-electron chi connectivity index (χ3n) is 4.28. The highest BCUT2D eigenvalue weighted by Gasteiger charge is 2.21. The van der Waals surface area contributed by atoms with Crippen molar-refractivity contribution in [2.45, 2.75) is 38.5 Å². The lowest BCUT2D eigenvalue weighted by Gasteiger charge is -2.21. The number of anilines is 1. The highest BCUT2D eigenvalue weighted by Crippen LogP contribution is 2.25. The molecule has 0 atom stereocenters. The van der Waals surface area contributed by atoms with E-state index in [0.717, 1.165) is 49.4 Å². The summed E-state index contributed by atoms with van der Waals surface area (Å²) >= 11 is 0. The minimum absolute atomic E-state index is 0.172. The fourth-order valence-electron chi connectivity index (χ4n) is 3.08. The second kappa shape index (κ2) is 6.74. The number of carbonyl (C=O) groups is 1. The van der Waals surface area contributed by atoms with Crippen LogP contribution in [0.25, 0.3) is 0 Å². The minimum atomic E-state index is 0.172. The molecule has 0 spiro atoms. The highest BCUT2D eigenvalue weighted by molar-refractivity contribution is 6.01. The van der Waals surface area contributed by atoms with E-state index < -0.39 is 0 Å². The van der Waals surface area contributed by atoms with Gasteiger partial charge in [-0.15, -0.1) is 0 Å². The Morgan fingerprint density at radius 2 is 2.05 bits per heavy atom. The van der Waals surface area contributed by atoms with Crippen molar-refractivity contribution in [2.24, 2.45) is 10.9 Å². The molecule has 112 valence electrons. The van der Waals surface area contributed by atoms with Crippen molar-refractivity contribution in [1.82, 2.24) is 5.32 Å². The molecule has 1 aromatic rings. The molecule has 1 aliphatic carbocycles. The second-order valence-electron chi connectivity index (χ2n) is 5.92. The minimum Gasteiger partial charge on any atom is -0.370 e. The summed E-state index contributed by atoms with van der Waals surface area (Å²) < 4.78 is 0. The number of rotatable bonds is 3. The van der Waals surface area contributed by atoms with Crippen LogP contribution in [-0.4, -0.2) is 24.8 Å². The van der Waals surface area contributed by atoms with Gasteiger partial charge in [0.05, 0.1) is 0 Å². The first-order chi connectivity index (χ1) is 10.3. The molecule has 4 heteroatoms. The maximum atomic E-state index is 12.3. The van der Waals surface area contributed by atoms with Crippen molar-refractivity contribution >= 4 is 17.4 Å². The molecule has 0 bridgehead atoms. The van der Waals surface area contributed by atoms with Gasteiger partial charge in [0.1, 0.15) is 5.84 Å². The third-order valence-corrected chi connectivity index (χ3v) is 4.28. The Labute approximate surface area is 126 Å². The first kappa shape index (κ1) is 14.1. The molecule has 0 aromatic heterocycles. The Hall–Kier alpha value is -1.84. The standard InChI is InChI=1S/C17H23N3O/c21-17(13-6-2-1-3-7-13)20-15-9-4-8-14(12-15)16-18-10-5-11-19-16/h4,8-9,12-13H,1-3,5-7,10-11H2,(H,18,19)(H,20,21). The largest absolute Gasteiger partial charge is 0.370 e. The molecule has 1 fully saturated rings. The lowest BCUT2D eigenvalue weighted by Crippen LogP contribution is -2.30. The number of nitrogens with zero attached hydrogens (tertiary/aromatic N) is 1. The van der Waals surface area contributed by atoms with Gasteiger partial charge < -0.3 is 10.6 Å². The van der Waals surface area contributed by atoms with Gasteiger partial charge in [-0.1, -0.05) is 31.4 Å². The zero-order valence-electron chi connectivity index (χ0n) is 12.4. The fourth-order valence-corrected chi connectivity index (χ4v) is 3.08. The van der Waals surface area contributed by atoms with Gasteiger partial charge in [-0.3, -0.25) is 9.79 Å². The van der Waals surface area contributed by atoms with E-state index in [1.54, 1.807) is 0 Å². The molecule has 4 nitrogen and oxygen atoms in total. The fraction of sp³-hybridized carbons (Fsp3) is 0.529. The van der Waals surface area contributed by atoms with Gasteiger partial charge in [0.2, 0.25) is 5.91 Å². The van der Waals surface area contributed by atoms with E-state index in [0.29, 0.717) is 0 Å². The summed E-state index contributed by atoms with van der Waals surface area (Å²) in [6.45, 7) is 1.85. The summed E-state index contributed by atoms with van der Waals surface area (Å²) in [6.07, 6.45) is 6.77. The van der Waals surface area contributed by atoms with E-state index in [4.69, 9.17) is 0 Å². The Morgan fingerprint density at radius 1 is 1.19 bits per heavy atom. The molecule has 1 aromatic carbocycles. The highest BCUT2D eigenvalue weighted by atomic mass is 16.1. The van der Waals surface area contributed by atoms with E-state index in [9.17, 15) is 4.79 Å². The van der Waals surface area contributed by atoms with Gasteiger partial charge >= 0.3 is 0 Å². The molecule has 0 unspecified atom stereocenters. The van der Waals surface area contributed by atoms with Crippen LogP contribution < -0.4 is 10.6 Å². The topological polar surface area (TPSA) is 53.5 Å². The van der Waals surface area contributed by atoms with Gasteiger partial charge in [0.15, 0.2) is 0 Å². The summed E-state index contributed by atoms with van der Waals surface area (Å²) in [7, 11) is 0.